The molecule has 2 nitrogen and oxygen atoms in total. The molecule has 0 fully saturated rings. The molecule has 0 aromatic carbocycles. The first-order chi connectivity index (χ1) is 7.72. The van der Waals surface area contributed by atoms with Crippen LogP contribution in [-0.4, -0.2) is 4.98 Å². The van der Waals surface area contributed by atoms with E-state index in [0.717, 1.165) is 6.42 Å². The number of hydrogen-bond donors (Lipinski definition) is 0. The Morgan fingerprint density at radius 2 is 2.12 bits per heavy atom. The van der Waals surface area contributed by atoms with Crippen LogP contribution in [0, 0.1) is 17.2 Å². The zero-order valence-corrected chi connectivity index (χ0v) is 10.6. The Morgan fingerprint density at radius 3 is 2.69 bits per heavy atom. The van der Waals surface area contributed by atoms with Gasteiger partial charge in [0.1, 0.15) is 6.07 Å². The van der Waals surface area contributed by atoms with Crippen LogP contribution in [0.1, 0.15) is 56.9 Å². The van der Waals surface area contributed by atoms with E-state index in [9.17, 15) is 0 Å². The second-order valence-electron chi connectivity index (χ2n) is 4.27. The van der Waals surface area contributed by atoms with Crippen molar-refractivity contribution in [1.29, 1.82) is 5.26 Å². The molecule has 16 heavy (non-hydrogen) atoms. The summed E-state index contributed by atoms with van der Waals surface area (Å²) in [5.41, 5.74) is 3.19. The summed E-state index contributed by atoms with van der Waals surface area (Å²) in [5, 5.41) is 8.75. The van der Waals surface area contributed by atoms with Crippen LogP contribution < -0.4 is 0 Å². The standard InChI is InChI=1S/C12H14N2.C2H6/c1-8(2)11-4-3-10-5-9(6-13)7-14-12(10)11;1-2/h5,7-8,11H,3-4H2,1-2H3;1-2H3. The molecule has 0 radical (unpaired) electrons. The normalized spacial score (nSPS) is 17.4. The molecule has 0 aliphatic heterocycles. The number of nitriles is 1. The zero-order chi connectivity index (χ0) is 12.1. The third-order valence-electron chi connectivity index (χ3n) is 3.01. The lowest BCUT2D eigenvalue weighted by Crippen LogP contribution is -2.04. The largest absolute Gasteiger partial charge is 0.259 e. The highest BCUT2D eigenvalue weighted by Gasteiger charge is 2.26. The van der Waals surface area contributed by atoms with Gasteiger partial charge in [0.25, 0.3) is 0 Å². The predicted molar refractivity (Wildman–Crippen MR) is 66.2 cm³/mol. The van der Waals surface area contributed by atoms with E-state index in [-0.39, 0.29) is 0 Å². The first-order valence-corrected chi connectivity index (χ1v) is 6.11. The summed E-state index contributed by atoms with van der Waals surface area (Å²) in [4.78, 5) is 4.41. The van der Waals surface area contributed by atoms with Crippen molar-refractivity contribution in [2.75, 3.05) is 0 Å². The first-order valence-electron chi connectivity index (χ1n) is 6.11. The lowest BCUT2D eigenvalue weighted by molar-refractivity contribution is 0.487. The molecule has 1 aliphatic carbocycles. The van der Waals surface area contributed by atoms with Gasteiger partial charge in [-0.05, 0) is 30.4 Å². The number of nitrogens with zero attached hydrogens (tertiary/aromatic N) is 2. The molecule has 86 valence electrons. The van der Waals surface area contributed by atoms with Gasteiger partial charge in [-0.2, -0.15) is 5.26 Å². The number of aryl methyl sites for hydroxylation is 1. The summed E-state index contributed by atoms with van der Waals surface area (Å²) < 4.78 is 0. The van der Waals surface area contributed by atoms with Crippen molar-refractivity contribution in [2.24, 2.45) is 5.92 Å². The van der Waals surface area contributed by atoms with E-state index in [4.69, 9.17) is 5.26 Å². The smallest absolute Gasteiger partial charge is 0.101 e. The Balaban J connectivity index is 0.000000606. The van der Waals surface area contributed by atoms with Gasteiger partial charge in [0.05, 0.1) is 5.56 Å². The van der Waals surface area contributed by atoms with Crippen LogP contribution >= 0.6 is 0 Å². The predicted octanol–water partition coefficient (Wildman–Crippen LogP) is 3.67. The van der Waals surface area contributed by atoms with Gasteiger partial charge >= 0.3 is 0 Å². The third kappa shape index (κ3) is 2.41. The van der Waals surface area contributed by atoms with Crippen molar-refractivity contribution in [1.82, 2.24) is 4.98 Å². The summed E-state index contributed by atoms with van der Waals surface area (Å²) in [5.74, 6) is 1.24. The minimum absolute atomic E-state index is 0.595. The average Bonchev–Trinajstić information content (AvgIpc) is 2.74. The van der Waals surface area contributed by atoms with Gasteiger partial charge in [-0.15, -0.1) is 0 Å². The third-order valence-corrected chi connectivity index (χ3v) is 3.01. The molecule has 1 heterocycles. The molecule has 0 saturated carbocycles. The van der Waals surface area contributed by atoms with Gasteiger partial charge < -0.3 is 0 Å². The number of pyridine rings is 1. The highest BCUT2D eigenvalue weighted by molar-refractivity contribution is 5.37. The molecular weight excluding hydrogens is 196 g/mol. The summed E-state index contributed by atoms with van der Waals surface area (Å²) in [6, 6.07) is 4.13. The maximum atomic E-state index is 8.75. The fourth-order valence-corrected chi connectivity index (χ4v) is 2.21. The molecule has 0 spiro atoms. The molecular formula is C14H20N2. The quantitative estimate of drug-likeness (QED) is 0.718. The summed E-state index contributed by atoms with van der Waals surface area (Å²) in [6.45, 7) is 8.47. The van der Waals surface area contributed by atoms with E-state index in [1.54, 1.807) is 6.20 Å². The lowest BCUT2D eigenvalue weighted by atomic mass is 9.93. The molecule has 1 atom stereocenters. The van der Waals surface area contributed by atoms with Crippen LogP contribution in [0.4, 0.5) is 0 Å². The molecule has 1 unspecified atom stereocenters. The van der Waals surface area contributed by atoms with E-state index in [0.29, 0.717) is 17.4 Å². The molecule has 0 bridgehead atoms. The minimum atomic E-state index is 0.595. The van der Waals surface area contributed by atoms with Crippen LogP contribution in [-0.2, 0) is 6.42 Å². The lowest BCUT2D eigenvalue weighted by Gasteiger charge is -2.14. The summed E-state index contributed by atoms with van der Waals surface area (Å²) in [7, 11) is 0. The molecule has 0 saturated heterocycles. The van der Waals surface area contributed by atoms with Crippen LogP contribution in [0.3, 0.4) is 0 Å². The highest BCUT2D eigenvalue weighted by Crippen LogP contribution is 2.36. The Labute approximate surface area is 98.3 Å². The van der Waals surface area contributed by atoms with Gasteiger partial charge in [0.15, 0.2) is 0 Å². The molecule has 2 heteroatoms. The first kappa shape index (κ1) is 12.7. The maximum absolute atomic E-state index is 8.75. The number of rotatable bonds is 1. The van der Waals surface area contributed by atoms with Gasteiger partial charge in [0, 0.05) is 17.8 Å². The Bertz CT molecular complexity index is 388. The molecule has 1 aromatic rings. The molecule has 2 rings (SSSR count). The molecule has 0 amide bonds. The second-order valence-corrected chi connectivity index (χ2v) is 4.27. The number of aromatic nitrogens is 1. The summed E-state index contributed by atoms with van der Waals surface area (Å²) >= 11 is 0. The van der Waals surface area contributed by atoms with Crippen molar-refractivity contribution >= 4 is 0 Å². The topological polar surface area (TPSA) is 36.7 Å². The van der Waals surface area contributed by atoms with E-state index in [1.165, 1.54) is 17.7 Å². The van der Waals surface area contributed by atoms with Crippen molar-refractivity contribution in [3.05, 3.63) is 29.1 Å². The Kier molecular flexibility index (Phi) is 4.49. The fraction of sp³-hybridized carbons (Fsp3) is 0.571. The Hall–Kier alpha value is -1.36. The van der Waals surface area contributed by atoms with Crippen LogP contribution in [0.5, 0.6) is 0 Å². The van der Waals surface area contributed by atoms with E-state index < -0.39 is 0 Å². The molecule has 1 aromatic heterocycles. The Morgan fingerprint density at radius 1 is 1.44 bits per heavy atom. The van der Waals surface area contributed by atoms with Crippen molar-refractivity contribution in [2.45, 2.75) is 46.5 Å². The van der Waals surface area contributed by atoms with Crippen molar-refractivity contribution in [3.63, 3.8) is 0 Å². The molecule has 1 aliphatic rings. The second kappa shape index (κ2) is 5.65. The fourth-order valence-electron chi connectivity index (χ4n) is 2.21. The highest BCUT2D eigenvalue weighted by atomic mass is 14.7. The van der Waals surface area contributed by atoms with Gasteiger partial charge in [-0.25, -0.2) is 0 Å². The van der Waals surface area contributed by atoms with Crippen molar-refractivity contribution in [3.8, 4) is 6.07 Å². The van der Waals surface area contributed by atoms with Gasteiger partial charge in [-0.3, -0.25) is 4.98 Å². The van der Waals surface area contributed by atoms with Crippen molar-refractivity contribution < 1.29 is 0 Å². The van der Waals surface area contributed by atoms with Gasteiger partial charge in [-0.1, -0.05) is 27.7 Å². The molecule has 0 N–H and O–H groups in total. The van der Waals surface area contributed by atoms with E-state index in [2.05, 4.69) is 24.9 Å². The zero-order valence-electron chi connectivity index (χ0n) is 10.6. The SMILES string of the molecule is CC.CC(C)C1CCc2cc(C#N)cnc21. The summed E-state index contributed by atoms with van der Waals surface area (Å²) in [6.07, 6.45) is 3.97. The maximum Gasteiger partial charge on any atom is 0.101 e. The van der Waals surface area contributed by atoms with Crippen LogP contribution in [0.15, 0.2) is 12.3 Å². The van der Waals surface area contributed by atoms with E-state index in [1.807, 2.05) is 19.9 Å². The number of hydrogen-bond acceptors (Lipinski definition) is 2. The van der Waals surface area contributed by atoms with E-state index >= 15 is 0 Å². The number of fused-ring (bicyclic) bond motifs is 1. The van der Waals surface area contributed by atoms with Gasteiger partial charge in [0.2, 0.25) is 0 Å². The average molecular weight is 216 g/mol. The minimum Gasteiger partial charge on any atom is -0.259 e. The monoisotopic (exact) mass is 216 g/mol. The van der Waals surface area contributed by atoms with Crippen LogP contribution in [0.2, 0.25) is 0 Å². The van der Waals surface area contributed by atoms with Crippen LogP contribution in [0.25, 0.3) is 0 Å².